The summed E-state index contributed by atoms with van der Waals surface area (Å²) in [5.74, 6) is -0.482. The van der Waals surface area contributed by atoms with E-state index in [1.165, 1.54) is 22.3 Å². The summed E-state index contributed by atoms with van der Waals surface area (Å²) >= 11 is 0. The van der Waals surface area contributed by atoms with Gasteiger partial charge in [0.05, 0.1) is 0 Å². The van der Waals surface area contributed by atoms with E-state index in [-0.39, 0.29) is 0 Å². The minimum absolute atomic E-state index is 0.311. The van der Waals surface area contributed by atoms with Gasteiger partial charge in [-0.2, -0.15) is 0 Å². The Morgan fingerprint density at radius 2 is 1.04 bits per heavy atom. The average Bonchev–Trinajstić information content (AvgIpc) is 3.46. The molecule has 0 radical (unpaired) electrons. The predicted molar refractivity (Wildman–Crippen MR) is 190 cm³/mol. The zero-order valence-electron chi connectivity index (χ0n) is 27.8. The summed E-state index contributed by atoms with van der Waals surface area (Å²) in [6, 6.07) is 27.9. The first-order valence-corrected chi connectivity index (χ1v) is 16.5. The van der Waals surface area contributed by atoms with Gasteiger partial charge in [0.1, 0.15) is 24.7 Å². The van der Waals surface area contributed by atoms with Crippen molar-refractivity contribution in [1.29, 1.82) is 0 Å². The number of hydrogen-bond donors (Lipinski definition) is 2. The van der Waals surface area contributed by atoms with E-state index in [0.717, 1.165) is 40.2 Å². The molecule has 2 N–H and O–H groups in total. The highest BCUT2D eigenvalue weighted by Crippen LogP contribution is 2.38. The summed E-state index contributed by atoms with van der Waals surface area (Å²) in [6.45, 7) is 5.11. The molecule has 0 fully saturated rings. The first-order chi connectivity index (χ1) is 23.8. The van der Waals surface area contributed by atoms with Crippen LogP contribution in [0.5, 0.6) is 11.5 Å². The van der Waals surface area contributed by atoms with E-state index in [4.69, 9.17) is 18.9 Å². The maximum atomic E-state index is 11.3. The van der Waals surface area contributed by atoms with Crippen LogP contribution in [0.25, 0.3) is 23.3 Å². The second kappa shape index (κ2) is 17.3. The van der Waals surface area contributed by atoms with E-state index in [1.54, 1.807) is 13.8 Å². The van der Waals surface area contributed by atoms with Crippen molar-refractivity contribution in [2.75, 3.05) is 26.4 Å². The summed E-state index contributed by atoms with van der Waals surface area (Å²) in [7, 11) is 0. The number of carbonyl (C=O) groups is 2. The average molecular weight is 663 g/mol. The van der Waals surface area contributed by atoms with E-state index in [2.05, 4.69) is 48.6 Å². The summed E-state index contributed by atoms with van der Waals surface area (Å²) in [5, 5.41) is 18.6. The molecule has 0 spiro atoms. The van der Waals surface area contributed by atoms with Crippen molar-refractivity contribution in [2.45, 2.75) is 45.3 Å². The van der Waals surface area contributed by atoms with Gasteiger partial charge in [-0.05, 0) is 101 Å². The second-order valence-corrected chi connectivity index (χ2v) is 11.7. The van der Waals surface area contributed by atoms with E-state index >= 15 is 0 Å². The van der Waals surface area contributed by atoms with Gasteiger partial charge in [0.2, 0.25) is 0 Å². The monoisotopic (exact) mass is 662 g/mol. The third-order valence-electron chi connectivity index (χ3n) is 8.22. The van der Waals surface area contributed by atoms with Crippen LogP contribution in [-0.2, 0) is 38.3 Å². The lowest BCUT2D eigenvalue weighted by Gasteiger charge is -2.12. The Morgan fingerprint density at radius 3 is 1.41 bits per heavy atom. The van der Waals surface area contributed by atoms with Crippen LogP contribution < -0.4 is 9.47 Å². The van der Waals surface area contributed by atoms with Crippen LogP contribution in [0.1, 0.15) is 47.2 Å². The lowest BCUT2D eigenvalue weighted by atomic mass is 10.0. The molecule has 4 aromatic rings. The molecule has 4 aromatic carbocycles. The fourth-order valence-electron chi connectivity index (χ4n) is 5.82. The molecule has 49 heavy (non-hydrogen) atoms. The van der Waals surface area contributed by atoms with Crippen LogP contribution in [0.15, 0.2) is 97.1 Å². The van der Waals surface area contributed by atoms with Gasteiger partial charge < -0.3 is 29.2 Å². The molecule has 0 amide bonds. The van der Waals surface area contributed by atoms with Gasteiger partial charge in [0.15, 0.2) is 12.2 Å². The zero-order valence-corrected chi connectivity index (χ0v) is 27.8. The van der Waals surface area contributed by atoms with E-state index in [9.17, 15) is 19.8 Å². The van der Waals surface area contributed by atoms with Gasteiger partial charge in [-0.1, -0.05) is 72.8 Å². The van der Waals surface area contributed by atoms with Crippen LogP contribution in [0.2, 0.25) is 0 Å². The summed E-state index contributed by atoms with van der Waals surface area (Å²) in [4.78, 5) is 22.7. The van der Waals surface area contributed by atoms with Crippen molar-refractivity contribution >= 4 is 24.1 Å². The number of aliphatic carboxylic acids is 2. The van der Waals surface area contributed by atoms with E-state index < -0.39 is 24.1 Å². The minimum Gasteiger partial charge on any atom is -0.490 e. The number of benzene rings is 4. The number of hydrogen-bond acceptors (Lipinski definition) is 6. The Labute approximate surface area is 287 Å². The molecule has 0 saturated heterocycles. The third-order valence-corrected chi connectivity index (χ3v) is 8.22. The van der Waals surface area contributed by atoms with Crippen molar-refractivity contribution in [1.82, 2.24) is 0 Å². The number of ether oxygens (including phenoxy) is 4. The lowest BCUT2D eigenvalue weighted by molar-refractivity contribution is -0.150. The van der Waals surface area contributed by atoms with Gasteiger partial charge >= 0.3 is 11.9 Å². The van der Waals surface area contributed by atoms with Crippen LogP contribution >= 0.6 is 0 Å². The fraction of sp³-hybridized carbons (Fsp3) is 0.268. The first kappa shape index (κ1) is 35.1. The summed E-state index contributed by atoms with van der Waals surface area (Å²) in [6.07, 6.45) is 7.90. The largest absolute Gasteiger partial charge is 0.490 e. The molecule has 2 atom stereocenters. The zero-order chi connectivity index (χ0) is 34.6. The smallest absolute Gasteiger partial charge is 0.333 e. The molecule has 0 heterocycles. The number of carboxylic acid groups (broad SMARTS) is 2. The predicted octanol–water partition coefficient (Wildman–Crippen LogP) is 7.51. The number of carboxylic acids is 2. The van der Waals surface area contributed by atoms with Crippen molar-refractivity contribution < 1.29 is 38.7 Å². The minimum atomic E-state index is -0.961. The fourth-order valence-corrected chi connectivity index (χ4v) is 5.82. The molecule has 5 rings (SSSR count). The Kier molecular flexibility index (Phi) is 12.4. The molecule has 1 aliphatic carbocycles. The van der Waals surface area contributed by atoms with Crippen molar-refractivity contribution in [3.05, 3.63) is 130 Å². The highest BCUT2D eigenvalue weighted by Gasteiger charge is 2.20. The van der Waals surface area contributed by atoms with Gasteiger partial charge in [0.25, 0.3) is 0 Å². The highest BCUT2D eigenvalue weighted by molar-refractivity contribution is 5.79. The molecular formula is C41H42O8. The quantitative estimate of drug-likeness (QED) is 0.0992. The Bertz CT molecular complexity index is 1640. The Balaban J connectivity index is 1.08. The lowest BCUT2D eigenvalue weighted by Crippen LogP contribution is -2.26. The van der Waals surface area contributed by atoms with Crippen molar-refractivity contribution in [3.63, 3.8) is 0 Å². The molecule has 8 heteroatoms. The molecule has 254 valence electrons. The maximum absolute atomic E-state index is 11.3. The molecular weight excluding hydrogens is 620 g/mol. The van der Waals surface area contributed by atoms with Crippen LogP contribution in [0.3, 0.4) is 0 Å². The van der Waals surface area contributed by atoms with Gasteiger partial charge in [-0.25, -0.2) is 9.59 Å². The molecule has 0 bridgehead atoms. The molecule has 0 aromatic heterocycles. The van der Waals surface area contributed by atoms with Gasteiger partial charge in [-0.15, -0.1) is 0 Å². The van der Waals surface area contributed by atoms with Gasteiger partial charge in [0, 0.05) is 26.1 Å². The summed E-state index contributed by atoms with van der Waals surface area (Å²) < 4.78 is 22.3. The Morgan fingerprint density at radius 1 is 0.633 bits per heavy atom. The second-order valence-electron chi connectivity index (χ2n) is 11.7. The molecule has 1 aliphatic rings. The molecule has 0 aliphatic heterocycles. The third kappa shape index (κ3) is 9.92. The topological polar surface area (TPSA) is 112 Å². The number of fused-ring (bicyclic) bond motifs is 3. The van der Waals surface area contributed by atoms with Crippen LogP contribution in [0, 0.1) is 0 Å². The molecule has 0 saturated carbocycles. The van der Waals surface area contributed by atoms with Crippen molar-refractivity contribution in [3.8, 4) is 22.6 Å². The van der Waals surface area contributed by atoms with E-state index in [1.807, 2.05) is 60.7 Å². The highest BCUT2D eigenvalue weighted by atomic mass is 16.5. The van der Waals surface area contributed by atoms with Crippen LogP contribution in [0.4, 0.5) is 0 Å². The van der Waals surface area contributed by atoms with Gasteiger partial charge in [-0.3, -0.25) is 0 Å². The normalized spacial score (nSPS) is 13.3. The first-order valence-electron chi connectivity index (χ1n) is 16.5. The molecule has 2 unspecified atom stereocenters. The maximum Gasteiger partial charge on any atom is 0.333 e. The SMILES string of the molecule is CCOC(Cc1ccc(OCC=Cc2ccc3c(c2)Cc2cc(C=CCOc4ccc(CC(OCC)C(=O)O)cc4)ccc2-3)cc1)C(=O)O. The standard InChI is InChI=1S/C41H42O8/c1-3-46-38(40(42)43)25-30-9-15-34(16-10-30)48-21-5-7-28-13-19-36-32(23-28)27-33-24-29(14-20-37(33)36)8-6-22-49-35-17-11-31(12-18-35)26-39(41(44)45)47-4-2/h5-20,23-24,38-39H,3-4,21-22,25-27H2,1-2H3,(H,42,43)(H,44,45). The van der Waals surface area contributed by atoms with Crippen molar-refractivity contribution in [2.24, 2.45) is 0 Å². The van der Waals surface area contributed by atoms with Crippen LogP contribution in [-0.4, -0.2) is 60.8 Å². The Hall–Kier alpha value is -5.18. The molecule has 8 nitrogen and oxygen atoms in total. The van der Waals surface area contributed by atoms with E-state index in [0.29, 0.717) is 39.3 Å². The summed E-state index contributed by atoms with van der Waals surface area (Å²) in [5.41, 5.74) is 9.10. The number of rotatable bonds is 18.